The maximum atomic E-state index is 12.6. The van der Waals surface area contributed by atoms with E-state index in [0.717, 1.165) is 17.9 Å². The quantitative estimate of drug-likeness (QED) is 0.591. The third-order valence-corrected chi connectivity index (χ3v) is 5.52. The van der Waals surface area contributed by atoms with E-state index in [9.17, 15) is 4.79 Å². The number of para-hydroxylation sites is 1. The zero-order valence-electron chi connectivity index (χ0n) is 17.2. The molecule has 0 unspecified atom stereocenters. The molecule has 1 amide bonds. The van der Waals surface area contributed by atoms with Crippen molar-refractivity contribution < 1.29 is 9.53 Å². The summed E-state index contributed by atoms with van der Waals surface area (Å²) in [7, 11) is 0. The summed E-state index contributed by atoms with van der Waals surface area (Å²) in [6.45, 7) is 4.32. The first kappa shape index (κ1) is 20.2. The maximum Gasteiger partial charge on any atom is 0.251 e. The molecule has 1 N–H and O–H groups in total. The van der Waals surface area contributed by atoms with Gasteiger partial charge >= 0.3 is 0 Å². The lowest BCUT2D eigenvalue weighted by molar-refractivity contribution is 0.0950. The number of carbonyl (C=O) groups is 1. The normalized spacial score (nSPS) is 13.9. The van der Waals surface area contributed by atoms with E-state index in [2.05, 4.69) is 28.4 Å². The van der Waals surface area contributed by atoms with E-state index >= 15 is 0 Å². The first-order chi connectivity index (χ1) is 14.8. The molecule has 3 aromatic carbocycles. The highest BCUT2D eigenvalue weighted by Crippen LogP contribution is 2.17. The molecule has 4 nitrogen and oxygen atoms in total. The van der Waals surface area contributed by atoms with Crippen molar-refractivity contribution in [3.8, 4) is 5.75 Å². The molecule has 0 spiro atoms. The Kier molecular flexibility index (Phi) is 6.78. The Morgan fingerprint density at radius 1 is 0.833 bits per heavy atom. The SMILES string of the molecule is O=C(NCc1ccccc1CN1CCCC1)c1ccc(COc2ccccc2)cc1. The first-order valence-electron chi connectivity index (χ1n) is 10.6. The predicted molar refractivity (Wildman–Crippen MR) is 119 cm³/mol. The molecule has 0 aliphatic carbocycles. The first-order valence-corrected chi connectivity index (χ1v) is 10.6. The molecule has 30 heavy (non-hydrogen) atoms. The van der Waals surface area contributed by atoms with Crippen LogP contribution >= 0.6 is 0 Å². The minimum atomic E-state index is -0.0542. The summed E-state index contributed by atoms with van der Waals surface area (Å²) in [6.07, 6.45) is 2.57. The molecule has 1 saturated heterocycles. The van der Waals surface area contributed by atoms with E-state index in [1.807, 2.05) is 60.7 Å². The van der Waals surface area contributed by atoms with Crippen molar-refractivity contribution >= 4 is 5.91 Å². The van der Waals surface area contributed by atoms with Gasteiger partial charge in [0.15, 0.2) is 0 Å². The third-order valence-electron chi connectivity index (χ3n) is 5.52. The summed E-state index contributed by atoms with van der Waals surface area (Å²) in [6, 6.07) is 25.7. The highest BCUT2D eigenvalue weighted by molar-refractivity contribution is 5.94. The monoisotopic (exact) mass is 400 g/mol. The average Bonchev–Trinajstić information content (AvgIpc) is 3.31. The zero-order chi connectivity index (χ0) is 20.6. The molecule has 3 aromatic rings. The molecule has 1 fully saturated rings. The number of nitrogens with one attached hydrogen (secondary N) is 1. The Labute approximate surface area is 178 Å². The molecular weight excluding hydrogens is 372 g/mol. The zero-order valence-corrected chi connectivity index (χ0v) is 17.2. The number of rotatable bonds is 8. The lowest BCUT2D eigenvalue weighted by Crippen LogP contribution is -2.25. The number of ether oxygens (including phenoxy) is 1. The van der Waals surface area contributed by atoms with Crippen LogP contribution < -0.4 is 10.1 Å². The van der Waals surface area contributed by atoms with Gasteiger partial charge in [0.1, 0.15) is 12.4 Å². The van der Waals surface area contributed by atoms with Crippen LogP contribution in [-0.2, 0) is 19.7 Å². The largest absolute Gasteiger partial charge is 0.489 e. The van der Waals surface area contributed by atoms with Crippen molar-refractivity contribution in [1.29, 1.82) is 0 Å². The van der Waals surface area contributed by atoms with E-state index in [-0.39, 0.29) is 5.91 Å². The van der Waals surface area contributed by atoms with Gasteiger partial charge in [-0.3, -0.25) is 9.69 Å². The van der Waals surface area contributed by atoms with Gasteiger partial charge < -0.3 is 10.1 Å². The van der Waals surface area contributed by atoms with Crippen LogP contribution in [0.1, 0.15) is 39.9 Å². The summed E-state index contributed by atoms with van der Waals surface area (Å²) in [4.78, 5) is 15.1. The van der Waals surface area contributed by atoms with Crippen LogP contribution in [0.5, 0.6) is 5.75 Å². The van der Waals surface area contributed by atoms with Gasteiger partial charge in [0.25, 0.3) is 5.91 Å². The van der Waals surface area contributed by atoms with Crippen LogP contribution in [0.25, 0.3) is 0 Å². The highest BCUT2D eigenvalue weighted by atomic mass is 16.5. The van der Waals surface area contributed by atoms with E-state index in [4.69, 9.17) is 4.74 Å². The molecule has 4 heteroatoms. The van der Waals surface area contributed by atoms with Crippen LogP contribution in [0, 0.1) is 0 Å². The lowest BCUT2D eigenvalue weighted by atomic mass is 10.1. The fourth-order valence-electron chi connectivity index (χ4n) is 3.78. The molecule has 0 bridgehead atoms. The summed E-state index contributed by atoms with van der Waals surface area (Å²) in [5.41, 5.74) is 4.18. The van der Waals surface area contributed by atoms with E-state index in [1.165, 1.54) is 37.1 Å². The Morgan fingerprint density at radius 3 is 2.23 bits per heavy atom. The fraction of sp³-hybridized carbons (Fsp3) is 0.269. The van der Waals surface area contributed by atoms with Gasteiger partial charge in [-0.25, -0.2) is 0 Å². The summed E-state index contributed by atoms with van der Waals surface area (Å²) < 4.78 is 5.76. The summed E-state index contributed by atoms with van der Waals surface area (Å²) >= 11 is 0. The fourth-order valence-corrected chi connectivity index (χ4v) is 3.78. The Bertz CT molecular complexity index is 948. The van der Waals surface area contributed by atoms with E-state index in [1.54, 1.807) is 0 Å². The number of benzene rings is 3. The van der Waals surface area contributed by atoms with Crippen molar-refractivity contribution in [3.05, 3.63) is 101 Å². The second-order valence-electron chi connectivity index (χ2n) is 7.73. The van der Waals surface area contributed by atoms with Crippen LogP contribution in [0.2, 0.25) is 0 Å². The maximum absolute atomic E-state index is 12.6. The number of likely N-dealkylation sites (tertiary alicyclic amines) is 1. The lowest BCUT2D eigenvalue weighted by Gasteiger charge is -2.17. The number of hydrogen-bond donors (Lipinski definition) is 1. The third kappa shape index (κ3) is 5.49. The Balaban J connectivity index is 1.31. The number of nitrogens with zero attached hydrogens (tertiary/aromatic N) is 1. The van der Waals surface area contributed by atoms with Crippen LogP contribution in [0.4, 0.5) is 0 Å². The molecule has 0 atom stereocenters. The predicted octanol–water partition coefficient (Wildman–Crippen LogP) is 4.79. The molecule has 0 saturated carbocycles. The van der Waals surface area contributed by atoms with Crippen molar-refractivity contribution in [3.63, 3.8) is 0 Å². The topological polar surface area (TPSA) is 41.6 Å². The summed E-state index contributed by atoms with van der Waals surface area (Å²) in [5.74, 6) is 0.786. The van der Waals surface area contributed by atoms with Crippen molar-refractivity contribution in [2.75, 3.05) is 13.1 Å². The minimum Gasteiger partial charge on any atom is -0.489 e. The van der Waals surface area contributed by atoms with Crippen molar-refractivity contribution in [1.82, 2.24) is 10.2 Å². The van der Waals surface area contributed by atoms with E-state index in [0.29, 0.717) is 18.7 Å². The average molecular weight is 401 g/mol. The number of carbonyl (C=O) groups excluding carboxylic acids is 1. The van der Waals surface area contributed by atoms with Gasteiger partial charge in [0.2, 0.25) is 0 Å². The Hall–Kier alpha value is -3.11. The van der Waals surface area contributed by atoms with Gasteiger partial charge in [-0.2, -0.15) is 0 Å². The molecule has 1 aliphatic rings. The van der Waals surface area contributed by atoms with E-state index < -0.39 is 0 Å². The number of hydrogen-bond acceptors (Lipinski definition) is 3. The highest BCUT2D eigenvalue weighted by Gasteiger charge is 2.14. The number of amides is 1. The second-order valence-corrected chi connectivity index (χ2v) is 7.73. The molecule has 1 aliphatic heterocycles. The molecule has 1 heterocycles. The van der Waals surface area contributed by atoms with Crippen LogP contribution in [0.15, 0.2) is 78.9 Å². The summed E-state index contributed by atoms with van der Waals surface area (Å²) in [5, 5.41) is 3.07. The molecule has 4 rings (SSSR count). The van der Waals surface area contributed by atoms with Crippen LogP contribution in [0.3, 0.4) is 0 Å². The van der Waals surface area contributed by atoms with Gasteiger partial charge in [-0.15, -0.1) is 0 Å². The smallest absolute Gasteiger partial charge is 0.251 e. The standard InChI is InChI=1S/C26H28N2O2/c29-26(22-14-12-21(13-15-22)20-30-25-10-2-1-3-11-25)27-18-23-8-4-5-9-24(23)19-28-16-6-7-17-28/h1-5,8-15H,6-7,16-20H2,(H,27,29). The van der Waals surface area contributed by atoms with Gasteiger partial charge in [0, 0.05) is 18.7 Å². The van der Waals surface area contributed by atoms with Crippen molar-refractivity contribution in [2.45, 2.75) is 32.5 Å². The van der Waals surface area contributed by atoms with Gasteiger partial charge in [0.05, 0.1) is 0 Å². The van der Waals surface area contributed by atoms with Crippen molar-refractivity contribution in [2.24, 2.45) is 0 Å². The minimum absolute atomic E-state index is 0.0542. The Morgan fingerprint density at radius 2 is 1.50 bits per heavy atom. The van der Waals surface area contributed by atoms with Gasteiger partial charge in [-0.05, 0) is 66.9 Å². The molecule has 154 valence electrons. The molecular formula is C26H28N2O2. The molecule has 0 radical (unpaired) electrons. The van der Waals surface area contributed by atoms with Crippen LogP contribution in [-0.4, -0.2) is 23.9 Å². The second kappa shape index (κ2) is 10.1. The van der Waals surface area contributed by atoms with Gasteiger partial charge in [-0.1, -0.05) is 54.6 Å². The molecule has 0 aromatic heterocycles.